The molecule has 0 heterocycles. The first kappa shape index (κ1) is 36.2. The van der Waals surface area contributed by atoms with Crippen molar-refractivity contribution in [3.05, 3.63) is 65.2 Å². The van der Waals surface area contributed by atoms with Gasteiger partial charge in [-0.1, -0.05) is 69.2 Å². The van der Waals surface area contributed by atoms with E-state index in [1.54, 1.807) is 62.1 Å². The van der Waals surface area contributed by atoms with Crippen molar-refractivity contribution in [1.82, 2.24) is 15.5 Å². The van der Waals surface area contributed by atoms with E-state index in [2.05, 4.69) is 23.5 Å². The monoisotopic (exact) mass is 605 g/mol. The van der Waals surface area contributed by atoms with E-state index in [1.807, 2.05) is 20.8 Å². The normalized spacial score (nSPS) is 12.9. The number of amides is 3. The molecule has 44 heavy (non-hydrogen) atoms. The molecule has 0 aromatic heterocycles. The molecule has 0 aliphatic rings. The lowest BCUT2D eigenvalue weighted by molar-refractivity contribution is -0.143. The van der Waals surface area contributed by atoms with Crippen LogP contribution in [0.4, 0.5) is 4.79 Å². The van der Waals surface area contributed by atoms with E-state index in [1.165, 1.54) is 12.1 Å². The SMILES string of the molecule is C#Cc1ccc(C(C(=O)NC(C)(C)C)N(CCCCCCCC)C(=O)C(Cc2ccc(O)cc2)NC(=O)OC(C)(C)C)cc1. The van der Waals surface area contributed by atoms with Gasteiger partial charge in [-0.3, -0.25) is 9.59 Å². The molecule has 2 aromatic carbocycles. The molecule has 0 radical (unpaired) electrons. The average Bonchev–Trinajstić information content (AvgIpc) is 2.93. The van der Waals surface area contributed by atoms with Crippen LogP contribution in [0.1, 0.15) is 110 Å². The van der Waals surface area contributed by atoms with Gasteiger partial charge in [0.05, 0.1) is 0 Å². The number of phenols is 1. The van der Waals surface area contributed by atoms with Crippen molar-refractivity contribution in [2.45, 2.75) is 117 Å². The van der Waals surface area contributed by atoms with Crippen LogP contribution in [0, 0.1) is 12.3 Å². The molecular weight excluding hydrogens is 554 g/mol. The second-order valence-corrected chi connectivity index (χ2v) is 13.3. The minimum absolute atomic E-state index is 0.0933. The number of ether oxygens (including phenoxy) is 1. The Balaban J connectivity index is 2.57. The second-order valence-electron chi connectivity index (χ2n) is 13.3. The van der Waals surface area contributed by atoms with Crippen molar-refractivity contribution < 1.29 is 24.2 Å². The summed E-state index contributed by atoms with van der Waals surface area (Å²) in [6.45, 7) is 13.4. The molecule has 2 atom stereocenters. The van der Waals surface area contributed by atoms with Gasteiger partial charge in [0.15, 0.2) is 0 Å². The molecule has 8 heteroatoms. The Labute approximate surface area is 263 Å². The molecule has 2 rings (SSSR count). The van der Waals surface area contributed by atoms with Gasteiger partial charge >= 0.3 is 6.09 Å². The van der Waals surface area contributed by atoms with Gasteiger partial charge in [0.2, 0.25) is 11.8 Å². The van der Waals surface area contributed by atoms with Crippen LogP contribution >= 0.6 is 0 Å². The molecule has 0 bridgehead atoms. The Morgan fingerprint density at radius 3 is 2.05 bits per heavy atom. The first-order valence-corrected chi connectivity index (χ1v) is 15.6. The molecule has 3 N–H and O–H groups in total. The summed E-state index contributed by atoms with van der Waals surface area (Å²) in [5.74, 6) is 1.96. The van der Waals surface area contributed by atoms with Gasteiger partial charge in [-0.05, 0) is 83.4 Å². The number of nitrogens with zero attached hydrogens (tertiary/aromatic N) is 1. The molecule has 3 amide bonds. The minimum Gasteiger partial charge on any atom is -0.508 e. The number of benzene rings is 2. The van der Waals surface area contributed by atoms with Crippen molar-refractivity contribution in [2.75, 3.05) is 6.54 Å². The van der Waals surface area contributed by atoms with Crippen molar-refractivity contribution in [3.8, 4) is 18.1 Å². The topological polar surface area (TPSA) is 108 Å². The molecule has 2 unspecified atom stereocenters. The number of unbranched alkanes of at least 4 members (excludes halogenated alkanes) is 5. The van der Waals surface area contributed by atoms with Gasteiger partial charge in [0, 0.05) is 24.1 Å². The molecule has 8 nitrogen and oxygen atoms in total. The molecule has 0 spiro atoms. The third-order valence-electron chi connectivity index (χ3n) is 6.85. The zero-order valence-corrected chi connectivity index (χ0v) is 27.5. The number of phenolic OH excluding ortho intramolecular Hbond substituents is 1. The second kappa shape index (κ2) is 16.7. The maximum absolute atomic E-state index is 14.6. The number of alkyl carbamates (subject to hydrolysis) is 1. The van der Waals surface area contributed by atoms with Crippen molar-refractivity contribution in [3.63, 3.8) is 0 Å². The first-order chi connectivity index (χ1) is 20.6. The van der Waals surface area contributed by atoms with Gasteiger partial charge in [-0.2, -0.15) is 0 Å². The predicted molar refractivity (Wildman–Crippen MR) is 175 cm³/mol. The lowest BCUT2D eigenvalue weighted by atomic mass is 9.97. The summed E-state index contributed by atoms with van der Waals surface area (Å²) >= 11 is 0. The van der Waals surface area contributed by atoms with Gasteiger partial charge < -0.3 is 25.4 Å². The molecule has 0 saturated carbocycles. The van der Waals surface area contributed by atoms with Gasteiger partial charge in [0.25, 0.3) is 0 Å². The van der Waals surface area contributed by atoms with Crippen LogP contribution in [0.2, 0.25) is 0 Å². The maximum Gasteiger partial charge on any atom is 0.408 e. The van der Waals surface area contributed by atoms with Crippen LogP contribution in [-0.4, -0.2) is 51.6 Å². The van der Waals surface area contributed by atoms with E-state index in [-0.39, 0.29) is 18.1 Å². The molecule has 0 fully saturated rings. The number of rotatable bonds is 14. The van der Waals surface area contributed by atoms with Crippen LogP contribution in [0.3, 0.4) is 0 Å². The average molecular weight is 606 g/mol. The highest BCUT2D eigenvalue weighted by Crippen LogP contribution is 2.26. The summed E-state index contributed by atoms with van der Waals surface area (Å²) < 4.78 is 5.52. The Morgan fingerprint density at radius 1 is 0.909 bits per heavy atom. The Kier molecular flexibility index (Phi) is 13.8. The molecule has 240 valence electrons. The number of hydrogen-bond donors (Lipinski definition) is 3. The van der Waals surface area contributed by atoms with Crippen LogP contribution in [-0.2, 0) is 20.7 Å². The number of carbonyl (C=O) groups is 3. The quantitative estimate of drug-likeness (QED) is 0.165. The summed E-state index contributed by atoms with van der Waals surface area (Å²) in [5.41, 5.74) is 0.678. The van der Waals surface area contributed by atoms with Crippen molar-refractivity contribution in [2.24, 2.45) is 0 Å². The largest absolute Gasteiger partial charge is 0.508 e. The molecule has 2 aromatic rings. The van der Waals surface area contributed by atoms with Crippen LogP contribution in [0.25, 0.3) is 0 Å². The highest BCUT2D eigenvalue weighted by molar-refractivity contribution is 5.92. The van der Waals surface area contributed by atoms with Gasteiger partial charge in [-0.15, -0.1) is 6.42 Å². The number of carbonyl (C=O) groups excluding carboxylic acids is 3. The van der Waals surface area contributed by atoms with E-state index in [0.717, 1.165) is 37.7 Å². The highest BCUT2D eigenvalue weighted by Gasteiger charge is 2.37. The van der Waals surface area contributed by atoms with Crippen LogP contribution < -0.4 is 10.6 Å². The fourth-order valence-corrected chi connectivity index (χ4v) is 4.82. The molecule has 0 aliphatic carbocycles. The number of terminal acetylenes is 1. The van der Waals surface area contributed by atoms with Crippen LogP contribution in [0.15, 0.2) is 48.5 Å². The summed E-state index contributed by atoms with van der Waals surface area (Å²) in [5, 5.41) is 15.6. The lowest BCUT2D eigenvalue weighted by Crippen LogP contribution is -2.55. The zero-order chi connectivity index (χ0) is 32.9. The van der Waals surface area contributed by atoms with E-state index in [4.69, 9.17) is 11.2 Å². The maximum atomic E-state index is 14.6. The minimum atomic E-state index is -1.04. The summed E-state index contributed by atoms with van der Waals surface area (Å²) in [6, 6.07) is 11.5. The van der Waals surface area contributed by atoms with Crippen LogP contribution in [0.5, 0.6) is 5.75 Å². The third-order valence-corrected chi connectivity index (χ3v) is 6.85. The predicted octanol–water partition coefficient (Wildman–Crippen LogP) is 6.65. The Bertz CT molecular complexity index is 1250. The number of nitrogens with one attached hydrogen (secondary N) is 2. The standard InChI is InChI=1S/C36H51N3O5/c1-9-11-12-13-14-15-24-39(31(32(41)38-35(3,4)5)28-20-16-26(10-2)17-21-28)33(42)30(37-34(43)44-36(6,7)8)25-27-18-22-29(40)23-19-27/h2,16-23,30-31,40H,9,11-15,24-25H2,1,3-8H3,(H,37,43)(H,38,41). The van der Waals surface area contributed by atoms with E-state index < -0.39 is 35.2 Å². The zero-order valence-electron chi connectivity index (χ0n) is 27.5. The fraction of sp³-hybridized carbons (Fsp3) is 0.528. The Morgan fingerprint density at radius 2 is 1.50 bits per heavy atom. The van der Waals surface area contributed by atoms with Crippen molar-refractivity contribution >= 4 is 17.9 Å². The van der Waals surface area contributed by atoms with Crippen molar-refractivity contribution in [1.29, 1.82) is 0 Å². The fourth-order valence-electron chi connectivity index (χ4n) is 4.82. The summed E-state index contributed by atoms with van der Waals surface area (Å²) in [6.07, 6.45) is 11.0. The van der Waals surface area contributed by atoms with E-state index in [9.17, 15) is 19.5 Å². The lowest BCUT2D eigenvalue weighted by Gasteiger charge is -2.36. The smallest absolute Gasteiger partial charge is 0.408 e. The first-order valence-electron chi connectivity index (χ1n) is 15.6. The number of hydrogen-bond acceptors (Lipinski definition) is 5. The molecule has 0 saturated heterocycles. The van der Waals surface area contributed by atoms with E-state index in [0.29, 0.717) is 24.1 Å². The number of aromatic hydroxyl groups is 1. The van der Waals surface area contributed by atoms with E-state index >= 15 is 0 Å². The summed E-state index contributed by atoms with van der Waals surface area (Å²) in [7, 11) is 0. The van der Waals surface area contributed by atoms with Gasteiger partial charge in [0.1, 0.15) is 23.4 Å². The molecule has 0 aliphatic heterocycles. The molecular formula is C36H51N3O5. The van der Waals surface area contributed by atoms with Gasteiger partial charge in [-0.25, -0.2) is 4.79 Å². The highest BCUT2D eigenvalue weighted by atomic mass is 16.6. The Hall–Kier alpha value is -3.99. The third kappa shape index (κ3) is 12.7. The summed E-state index contributed by atoms with van der Waals surface area (Å²) in [4.78, 5) is 43.1.